The summed E-state index contributed by atoms with van der Waals surface area (Å²) in [6, 6.07) is 15.9. The van der Waals surface area contributed by atoms with Gasteiger partial charge in [0.1, 0.15) is 23.5 Å². The third kappa shape index (κ3) is 14.8. The molecule has 1 aliphatic heterocycles. The Morgan fingerprint density at radius 2 is 1.73 bits per heavy atom. The molecule has 1 aromatic heterocycles. The number of methoxy groups -OCH3 is 1. The van der Waals surface area contributed by atoms with Crippen LogP contribution < -0.4 is 15.4 Å². The quantitative estimate of drug-likeness (QED) is 0.225. The molecule has 0 bridgehead atoms. The molecule has 1 saturated heterocycles. The summed E-state index contributed by atoms with van der Waals surface area (Å²) in [6.07, 6.45) is -3.22. The molecule has 9 nitrogen and oxygen atoms in total. The Labute approximate surface area is 305 Å². The number of rotatable bonds is 11. The van der Waals surface area contributed by atoms with Gasteiger partial charge in [0, 0.05) is 40.4 Å². The highest BCUT2D eigenvalue weighted by molar-refractivity contribution is 7.73. The lowest BCUT2D eigenvalue weighted by Crippen LogP contribution is -2.55. The van der Waals surface area contributed by atoms with Crippen LogP contribution in [0.2, 0.25) is 5.02 Å². The van der Waals surface area contributed by atoms with Crippen LogP contribution >= 0.6 is 11.6 Å². The SMILES string of the molecule is C#S(=O)Cc1ccc(OC)cc1.CC.CC(C)[C@@H](CC(F)(F)F)NC(=O)C1CCCN1C(=O)C(Cc1cccc(Cl)c1)NC(=O)c1ccccn1. The number of hydrogen-bond acceptors (Lipinski definition) is 6. The number of pyridine rings is 1. The highest BCUT2D eigenvalue weighted by Gasteiger charge is 2.40. The predicted molar refractivity (Wildman–Crippen MR) is 194 cm³/mol. The smallest absolute Gasteiger partial charge is 0.391 e. The van der Waals surface area contributed by atoms with Gasteiger partial charge in [-0.15, -0.1) is 0 Å². The van der Waals surface area contributed by atoms with Gasteiger partial charge in [-0.3, -0.25) is 19.4 Å². The van der Waals surface area contributed by atoms with Gasteiger partial charge in [0.25, 0.3) is 5.91 Å². The fourth-order valence-electron chi connectivity index (χ4n) is 5.20. The second kappa shape index (κ2) is 21.1. The first-order valence-corrected chi connectivity index (χ1v) is 18.3. The summed E-state index contributed by atoms with van der Waals surface area (Å²) >= 11 is 6.10. The number of ether oxygens (including phenoxy) is 1. The Morgan fingerprint density at radius 1 is 1.04 bits per heavy atom. The van der Waals surface area contributed by atoms with Gasteiger partial charge in [-0.1, -0.05) is 75.3 Å². The monoisotopic (exact) mass is 750 g/mol. The van der Waals surface area contributed by atoms with Crippen molar-refractivity contribution in [3.05, 3.63) is 94.8 Å². The van der Waals surface area contributed by atoms with E-state index in [4.69, 9.17) is 22.0 Å². The lowest BCUT2D eigenvalue weighted by Gasteiger charge is -2.31. The highest BCUT2D eigenvalue weighted by Crippen LogP contribution is 2.26. The average molecular weight is 751 g/mol. The van der Waals surface area contributed by atoms with Crippen molar-refractivity contribution >= 4 is 39.5 Å². The van der Waals surface area contributed by atoms with Crippen LogP contribution in [-0.2, 0) is 32.0 Å². The van der Waals surface area contributed by atoms with Crippen LogP contribution in [0.5, 0.6) is 5.75 Å². The largest absolute Gasteiger partial charge is 0.497 e. The van der Waals surface area contributed by atoms with Crippen LogP contribution in [0.25, 0.3) is 0 Å². The first kappa shape index (κ1) is 42.8. The van der Waals surface area contributed by atoms with Crippen molar-refractivity contribution in [1.29, 1.82) is 0 Å². The number of nitrogens with zero attached hydrogens (tertiary/aromatic N) is 2. The summed E-state index contributed by atoms with van der Waals surface area (Å²) < 4.78 is 54.7. The maximum atomic E-state index is 13.7. The normalized spacial score (nSPS) is 14.9. The summed E-state index contributed by atoms with van der Waals surface area (Å²) in [5.41, 5.74) is 6.90. The molecule has 0 radical (unpaired) electrons. The van der Waals surface area contributed by atoms with Gasteiger partial charge in [0.15, 0.2) is 0 Å². The molecule has 3 amide bonds. The zero-order chi connectivity index (χ0) is 38.1. The summed E-state index contributed by atoms with van der Waals surface area (Å²) in [5, 5.41) is 5.67. The van der Waals surface area contributed by atoms with Crippen molar-refractivity contribution in [2.75, 3.05) is 13.7 Å². The van der Waals surface area contributed by atoms with Gasteiger partial charge in [0.05, 0.1) is 19.3 Å². The number of halogens is 4. The van der Waals surface area contributed by atoms with Gasteiger partial charge in [-0.05, 0) is 66.3 Å². The van der Waals surface area contributed by atoms with E-state index in [1.54, 1.807) is 57.4 Å². The minimum Gasteiger partial charge on any atom is -0.497 e. The third-order valence-corrected chi connectivity index (χ3v) is 8.57. The molecule has 278 valence electrons. The number of carbonyl (C=O) groups is 3. The van der Waals surface area contributed by atoms with E-state index in [9.17, 15) is 31.8 Å². The van der Waals surface area contributed by atoms with E-state index < -0.39 is 64.6 Å². The molecule has 0 saturated carbocycles. The van der Waals surface area contributed by atoms with Gasteiger partial charge < -0.3 is 20.3 Å². The summed E-state index contributed by atoms with van der Waals surface area (Å²) in [4.78, 5) is 44.9. The number of hydrogen-bond donors (Lipinski definition) is 2. The summed E-state index contributed by atoms with van der Waals surface area (Å²) in [6.45, 7) is 7.44. The third-order valence-electron chi connectivity index (χ3n) is 7.72. The number of likely N-dealkylation sites (tertiary alicyclic amines) is 1. The van der Waals surface area contributed by atoms with Crippen LogP contribution in [0.3, 0.4) is 0 Å². The minimum absolute atomic E-state index is 0.103. The van der Waals surface area contributed by atoms with Crippen LogP contribution in [0.4, 0.5) is 13.2 Å². The second-order valence-electron chi connectivity index (χ2n) is 11.8. The number of carbonyl (C=O) groups excluding carboxylic acids is 3. The van der Waals surface area contributed by atoms with Crippen molar-refractivity contribution in [2.24, 2.45) is 5.92 Å². The molecule has 2 aromatic carbocycles. The number of amides is 3. The Kier molecular flexibility index (Phi) is 17.8. The Bertz CT molecular complexity index is 1690. The number of alkyl halides is 3. The Balaban J connectivity index is 0.000000540. The van der Waals surface area contributed by atoms with E-state index >= 15 is 0 Å². The summed E-state index contributed by atoms with van der Waals surface area (Å²) in [7, 11) is 0.341. The molecule has 2 unspecified atom stereocenters. The molecular weight excluding hydrogens is 705 g/mol. The molecule has 1 fully saturated rings. The minimum atomic E-state index is -4.44. The first-order valence-electron chi connectivity index (χ1n) is 16.6. The van der Waals surface area contributed by atoms with Crippen LogP contribution in [0.15, 0.2) is 72.9 Å². The highest BCUT2D eigenvalue weighted by atomic mass is 35.5. The molecular formula is C37H46ClF3N4O5S. The average Bonchev–Trinajstić information content (AvgIpc) is 3.59. The fourth-order valence-corrected chi connectivity index (χ4v) is 5.93. The van der Waals surface area contributed by atoms with Crippen molar-refractivity contribution < 1.29 is 36.5 Å². The predicted octanol–water partition coefficient (Wildman–Crippen LogP) is 6.72. The van der Waals surface area contributed by atoms with E-state index in [1.165, 1.54) is 17.2 Å². The Morgan fingerprint density at radius 3 is 2.27 bits per heavy atom. The molecule has 4 rings (SSSR count). The van der Waals surface area contributed by atoms with Crippen molar-refractivity contribution in [3.63, 3.8) is 0 Å². The first-order chi connectivity index (χ1) is 24.2. The Hall–Kier alpha value is -4.32. The van der Waals surface area contributed by atoms with Gasteiger partial charge in [0.2, 0.25) is 11.8 Å². The fraction of sp³-hybridized carbons (Fsp3) is 0.432. The van der Waals surface area contributed by atoms with E-state index in [2.05, 4.69) is 15.6 Å². The zero-order valence-electron chi connectivity index (χ0n) is 29.4. The second-order valence-corrected chi connectivity index (χ2v) is 13.3. The zero-order valence-corrected chi connectivity index (χ0v) is 31.0. The molecule has 1 aliphatic rings. The number of benzene rings is 2. The molecule has 0 aliphatic carbocycles. The molecule has 2 N–H and O–H groups in total. The van der Waals surface area contributed by atoms with E-state index in [0.717, 1.165) is 11.3 Å². The van der Waals surface area contributed by atoms with E-state index in [0.29, 0.717) is 29.2 Å². The van der Waals surface area contributed by atoms with Gasteiger partial charge in [-0.25, -0.2) is 4.21 Å². The molecule has 14 heteroatoms. The van der Waals surface area contributed by atoms with E-state index in [-0.39, 0.29) is 18.7 Å². The van der Waals surface area contributed by atoms with Crippen LogP contribution in [-0.4, -0.2) is 69.8 Å². The van der Waals surface area contributed by atoms with Crippen LogP contribution in [0, 0.1) is 11.6 Å². The molecule has 51 heavy (non-hydrogen) atoms. The topological polar surface area (TPSA) is 118 Å². The van der Waals surface area contributed by atoms with E-state index in [1.807, 2.05) is 38.1 Å². The maximum Gasteiger partial charge on any atom is 0.391 e. The lowest BCUT2D eigenvalue weighted by molar-refractivity contribution is -0.148. The maximum absolute atomic E-state index is 13.7. The molecule has 3 aromatic rings. The number of aromatic nitrogens is 1. The molecule has 2 heterocycles. The van der Waals surface area contributed by atoms with Gasteiger partial charge >= 0.3 is 6.18 Å². The van der Waals surface area contributed by atoms with Gasteiger partial charge in [-0.2, -0.15) is 13.2 Å². The molecule has 0 spiro atoms. The summed E-state index contributed by atoms with van der Waals surface area (Å²) in [5.74, 6) is -0.966. The van der Waals surface area contributed by atoms with Crippen LogP contribution in [0.1, 0.15) is 68.6 Å². The standard InChI is InChI=1S/C26H30ClF3N4O3.C9H10O2S.C2H6/c1-16(2)21(15-26(28,29)30)33-24(36)22-10-6-12-34(22)25(37)20(14-17-7-5-8-18(27)13-17)32-23(35)19-9-3-4-11-31-19;1-11-9-5-3-8(4-6-9)7-12(2)10;1-2/h3-5,7-9,11,13,16,20-22H,6,10,12,14-15H2,1-2H3,(H,32,35)(H,33,36);2-6H,7H2,1H3;1-2H3/t20?,21-,22?;;/m1../s1. The van der Waals surface area contributed by atoms with Crippen molar-refractivity contribution in [2.45, 2.75) is 83.4 Å². The van der Waals surface area contributed by atoms with Crippen molar-refractivity contribution in [1.82, 2.24) is 20.5 Å². The number of nitrogens with one attached hydrogen (secondary N) is 2. The lowest BCUT2D eigenvalue weighted by atomic mass is 9.99. The van der Waals surface area contributed by atoms with Crippen molar-refractivity contribution in [3.8, 4) is 11.4 Å². The molecule has 3 atom stereocenters.